The van der Waals surface area contributed by atoms with Crippen LogP contribution in [0.2, 0.25) is 0 Å². The van der Waals surface area contributed by atoms with Gasteiger partial charge in [-0.15, -0.1) is 0 Å². The monoisotopic (exact) mass is 730 g/mol. The van der Waals surface area contributed by atoms with E-state index in [1.807, 2.05) is 0 Å². The molecular formula is C52H50N4. The normalized spacial score (nSPS) is 30.5. The largest absolute Gasteiger partial charge is 0.355 e. The van der Waals surface area contributed by atoms with E-state index in [1.54, 1.807) is 11.1 Å². The average molecular weight is 731 g/mol. The van der Waals surface area contributed by atoms with Crippen LogP contribution in [-0.2, 0) is 0 Å². The van der Waals surface area contributed by atoms with Crippen molar-refractivity contribution in [3.63, 3.8) is 0 Å². The second-order valence-electron chi connectivity index (χ2n) is 17.1. The number of fused-ring (bicyclic) bond motifs is 8. The first-order valence-electron chi connectivity index (χ1n) is 21.4. The molecule has 0 aromatic carbocycles. The fourth-order valence-electron chi connectivity index (χ4n) is 11.8. The Morgan fingerprint density at radius 1 is 0.554 bits per heavy atom. The molecule has 6 unspecified atom stereocenters. The van der Waals surface area contributed by atoms with E-state index in [4.69, 9.17) is 0 Å². The highest BCUT2D eigenvalue weighted by molar-refractivity contribution is 5.68. The Hall–Kier alpha value is -5.48. The predicted octanol–water partition coefficient (Wildman–Crippen LogP) is 12.3. The van der Waals surface area contributed by atoms with Gasteiger partial charge in [0, 0.05) is 52.7 Å². The minimum Gasteiger partial charge on any atom is -0.355 e. The Morgan fingerprint density at radius 3 is 2.16 bits per heavy atom. The molecule has 4 heterocycles. The van der Waals surface area contributed by atoms with Crippen LogP contribution in [0.4, 0.5) is 0 Å². The summed E-state index contributed by atoms with van der Waals surface area (Å²) in [6, 6.07) is 5.94. The maximum atomic E-state index is 2.84. The van der Waals surface area contributed by atoms with Gasteiger partial charge in [0.2, 0.25) is 0 Å². The second kappa shape index (κ2) is 13.0. The third-order valence-electron chi connectivity index (χ3n) is 14.2. The van der Waals surface area contributed by atoms with Crippen molar-refractivity contribution in [3.05, 3.63) is 196 Å². The molecule has 0 fully saturated rings. The fraction of sp³-hybridized carbons (Fsp3) is 0.308. The number of hydrogen-bond acceptors (Lipinski definition) is 2. The van der Waals surface area contributed by atoms with Gasteiger partial charge in [0.1, 0.15) is 0 Å². The van der Waals surface area contributed by atoms with E-state index in [1.165, 1.54) is 56.4 Å². The summed E-state index contributed by atoms with van der Waals surface area (Å²) in [4.78, 5) is 5.58. The van der Waals surface area contributed by atoms with Crippen molar-refractivity contribution in [2.24, 2.45) is 11.8 Å². The number of hydrogen-bond donors (Lipinski definition) is 0. The standard InChI is InChI=1S/C52H50N4/c1-3-15-39(16-4-1)53-31-29-35-25-27-45-43-21-7-9-23-47(43)55(51(45)49(35)53)41-19-11-13-37(33-41)38-14-12-20-42(34-38)56-48-24-10-8-22-44(48)46-28-26-36-30-32-54(50(36)52(46)56)40-17-5-2-6-18-40/h1,3-5,9-11,13,15,17-20,23-32,34,39,41,45-46,51-52H,2,6-8,12,14,16,21-22,33H2. The van der Waals surface area contributed by atoms with Gasteiger partial charge < -0.3 is 18.9 Å². The zero-order valence-electron chi connectivity index (χ0n) is 32.2. The molecule has 0 N–H and O–H groups in total. The molecule has 2 aliphatic heterocycles. The smallest absolute Gasteiger partial charge is 0.0852 e. The molecule has 56 heavy (non-hydrogen) atoms. The van der Waals surface area contributed by atoms with Crippen LogP contribution in [0.1, 0.15) is 105 Å². The van der Waals surface area contributed by atoms with Gasteiger partial charge >= 0.3 is 0 Å². The van der Waals surface area contributed by atoms with Gasteiger partial charge in [-0.1, -0.05) is 97.2 Å². The molecule has 2 aromatic heterocycles. The Balaban J connectivity index is 0.892. The molecule has 8 aliphatic carbocycles. The number of aromatic nitrogens is 2. The molecule has 6 atom stereocenters. The van der Waals surface area contributed by atoms with E-state index in [0.717, 1.165) is 64.2 Å². The number of rotatable bonds is 5. The lowest BCUT2D eigenvalue weighted by Crippen LogP contribution is -2.38. The summed E-state index contributed by atoms with van der Waals surface area (Å²) >= 11 is 0. The highest BCUT2D eigenvalue weighted by Gasteiger charge is 2.47. The maximum absolute atomic E-state index is 2.84. The summed E-state index contributed by atoms with van der Waals surface area (Å²) in [6.45, 7) is 0. The van der Waals surface area contributed by atoms with Gasteiger partial charge in [0.25, 0.3) is 0 Å². The van der Waals surface area contributed by atoms with Crippen LogP contribution in [-0.4, -0.2) is 25.0 Å². The molecule has 0 saturated carbocycles. The van der Waals surface area contributed by atoms with Crippen molar-refractivity contribution in [3.8, 4) is 0 Å². The van der Waals surface area contributed by atoms with Gasteiger partial charge in [0.05, 0.1) is 29.9 Å². The van der Waals surface area contributed by atoms with Crippen molar-refractivity contribution in [2.75, 3.05) is 0 Å². The van der Waals surface area contributed by atoms with E-state index in [2.05, 4.69) is 165 Å². The van der Waals surface area contributed by atoms with Gasteiger partial charge in [-0.25, -0.2) is 0 Å². The van der Waals surface area contributed by atoms with Crippen LogP contribution in [0.15, 0.2) is 173 Å². The van der Waals surface area contributed by atoms with Crippen LogP contribution in [0.3, 0.4) is 0 Å². The summed E-state index contributed by atoms with van der Waals surface area (Å²) in [5, 5.41) is 0. The van der Waals surface area contributed by atoms with E-state index < -0.39 is 0 Å². The minimum atomic E-state index is 0.257. The first-order chi connectivity index (χ1) is 27.8. The van der Waals surface area contributed by atoms with Gasteiger partial charge in [0.15, 0.2) is 0 Å². The first-order valence-corrected chi connectivity index (χ1v) is 21.4. The Kier molecular flexibility index (Phi) is 7.63. The molecule has 12 rings (SSSR count). The average Bonchev–Trinajstić information content (AvgIpc) is 4.05. The first kappa shape index (κ1) is 32.7. The van der Waals surface area contributed by atoms with Crippen LogP contribution in [0.25, 0.3) is 17.8 Å². The van der Waals surface area contributed by atoms with Crippen molar-refractivity contribution in [2.45, 2.75) is 88.4 Å². The number of nitrogens with zero attached hydrogens (tertiary/aromatic N) is 4. The molecule has 0 spiro atoms. The zero-order valence-corrected chi connectivity index (χ0v) is 32.2. The Bertz CT molecular complexity index is 2480. The lowest BCUT2D eigenvalue weighted by Gasteiger charge is -2.41. The van der Waals surface area contributed by atoms with E-state index in [9.17, 15) is 0 Å². The minimum absolute atomic E-state index is 0.257. The number of allylic oxidation sites excluding steroid dienone is 17. The molecule has 278 valence electrons. The summed E-state index contributed by atoms with van der Waals surface area (Å²) in [7, 11) is 0. The second-order valence-corrected chi connectivity index (χ2v) is 17.1. The van der Waals surface area contributed by atoms with Crippen molar-refractivity contribution < 1.29 is 0 Å². The summed E-state index contributed by atoms with van der Waals surface area (Å²) in [5.74, 6) is 0.820. The highest BCUT2D eigenvalue weighted by atomic mass is 15.3. The molecule has 4 nitrogen and oxygen atoms in total. The molecule has 0 bridgehead atoms. The molecule has 0 saturated heterocycles. The van der Waals surface area contributed by atoms with Crippen molar-refractivity contribution in [1.82, 2.24) is 18.9 Å². The lowest BCUT2D eigenvalue weighted by atomic mass is 9.82. The summed E-state index contributed by atoms with van der Waals surface area (Å²) in [6.07, 6.45) is 64.0. The van der Waals surface area contributed by atoms with E-state index >= 15 is 0 Å². The molecular weight excluding hydrogens is 681 g/mol. The molecule has 10 aliphatic rings. The lowest BCUT2D eigenvalue weighted by molar-refractivity contribution is 0.209. The van der Waals surface area contributed by atoms with Gasteiger partial charge in [-0.2, -0.15) is 0 Å². The third-order valence-corrected chi connectivity index (χ3v) is 14.2. The predicted molar refractivity (Wildman–Crippen MR) is 229 cm³/mol. The summed E-state index contributed by atoms with van der Waals surface area (Å²) in [5.41, 5.74) is 17.6. The fourth-order valence-corrected chi connectivity index (χ4v) is 11.8. The highest BCUT2D eigenvalue weighted by Crippen LogP contribution is 2.56. The van der Waals surface area contributed by atoms with Gasteiger partial charge in [-0.05, 0) is 134 Å². The Labute approximate surface area is 331 Å². The molecule has 0 radical (unpaired) electrons. The molecule has 2 aromatic rings. The van der Waals surface area contributed by atoms with Gasteiger partial charge in [-0.3, -0.25) is 0 Å². The van der Waals surface area contributed by atoms with Crippen molar-refractivity contribution in [1.29, 1.82) is 0 Å². The maximum Gasteiger partial charge on any atom is 0.0852 e. The SMILES string of the molecule is C1=CCC(n2ccc3c2C2C(C=C3)C3=C(C=CCC3)N2C2C=CC=C(C3=CC(N4C5=C(CCC=C5)C5C=Cc6ccn(C7=CCCC=C7)c6C54)=CCC3)C2)C=C1. The van der Waals surface area contributed by atoms with Crippen LogP contribution >= 0.6 is 0 Å². The summed E-state index contributed by atoms with van der Waals surface area (Å²) < 4.78 is 5.11. The topological polar surface area (TPSA) is 16.3 Å². The van der Waals surface area contributed by atoms with Crippen LogP contribution in [0.5, 0.6) is 0 Å². The third kappa shape index (κ3) is 4.97. The van der Waals surface area contributed by atoms with E-state index in [0.29, 0.717) is 30.0 Å². The van der Waals surface area contributed by atoms with Crippen LogP contribution < -0.4 is 0 Å². The zero-order chi connectivity index (χ0) is 36.7. The molecule has 4 heteroatoms. The van der Waals surface area contributed by atoms with E-state index in [-0.39, 0.29) is 6.04 Å². The molecule has 0 amide bonds. The Morgan fingerprint density at radius 2 is 1.32 bits per heavy atom. The van der Waals surface area contributed by atoms with Crippen LogP contribution in [0, 0.1) is 11.8 Å². The quantitative estimate of drug-likeness (QED) is 0.305. The van der Waals surface area contributed by atoms with Crippen molar-refractivity contribution >= 4 is 17.8 Å².